The SMILES string of the molecule is COCCC1(CNc2nc(N)nc(OC(C)C)n2)CC1. The molecule has 0 unspecified atom stereocenters. The topological polar surface area (TPSA) is 95.2 Å². The molecule has 7 nitrogen and oxygen atoms in total. The van der Waals surface area contributed by atoms with Gasteiger partial charge >= 0.3 is 6.01 Å². The Bertz CT molecular complexity index is 448. The smallest absolute Gasteiger partial charge is 0.323 e. The second-order valence-electron chi connectivity index (χ2n) is 5.56. The number of aromatic nitrogens is 3. The van der Waals surface area contributed by atoms with Crippen molar-refractivity contribution in [3.8, 4) is 6.01 Å². The third kappa shape index (κ3) is 4.19. The molecule has 0 amide bonds. The van der Waals surface area contributed by atoms with Gasteiger partial charge < -0.3 is 20.5 Å². The van der Waals surface area contributed by atoms with Gasteiger partial charge in [-0.1, -0.05) is 0 Å². The van der Waals surface area contributed by atoms with Gasteiger partial charge in [0.2, 0.25) is 11.9 Å². The molecule has 0 bridgehead atoms. The van der Waals surface area contributed by atoms with Gasteiger partial charge in [-0.05, 0) is 38.5 Å². The van der Waals surface area contributed by atoms with Crippen molar-refractivity contribution < 1.29 is 9.47 Å². The molecule has 1 aromatic heterocycles. The van der Waals surface area contributed by atoms with E-state index in [4.69, 9.17) is 15.2 Å². The summed E-state index contributed by atoms with van der Waals surface area (Å²) in [6, 6.07) is 0.261. The van der Waals surface area contributed by atoms with Gasteiger partial charge in [-0.3, -0.25) is 0 Å². The Kier molecular flexibility index (Phi) is 4.59. The molecule has 112 valence electrons. The highest BCUT2D eigenvalue weighted by molar-refractivity contribution is 5.33. The first kappa shape index (κ1) is 14.8. The van der Waals surface area contributed by atoms with E-state index in [1.807, 2.05) is 13.8 Å². The van der Waals surface area contributed by atoms with E-state index in [-0.39, 0.29) is 18.1 Å². The van der Waals surface area contributed by atoms with Gasteiger partial charge in [-0.2, -0.15) is 15.0 Å². The standard InChI is InChI=1S/C13H23N5O2/c1-9(2)20-12-17-10(14)16-11(18-12)15-8-13(4-5-13)6-7-19-3/h9H,4-8H2,1-3H3,(H3,14,15,16,17,18). The lowest BCUT2D eigenvalue weighted by atomic mass is 10.0. The third-order valence-corrected chi connectivity index (χ3v) is 3.39. The Morgan fingerprint density at radius 3 is 2.65 bits per heavy atom. The van der Waals surface area contributed by atoms with E-state index in [9.17, 15) is 0 Å². The van der Waals surface area contributed by atoms with Crippen LogP contribution in [0.1, 0.15) is 33.1 Å². The molecule has 1 fully saturated rings. The van der Waals surface area contributed by atoms with Crippen molar-refractivity contribution in [2.45, 2.75) is 39.2 Å². The Balaban J connectivity index is 1.94. The van der Waals surface area contributed by atoms with Crippen LogP contribution in [-0.4, -0.2) is 41.3 Å². The van der Waals surface area contributed by atoms with E-state index >= 15 is 0 Å². The molecule has 0 radical (unpaired) electrons. The van der Waals surface area contributed by atoms with Crippen molar-refractivity contribution in [3.63, 3.8) is 0 Å². The average molecular weight is 281 g/mol. The van der Waals surface area contributed by atoms with Crippen LogP contribution in [0.15, 0.2) is 0 Å². The second kappa shape index (κ2) is 6.21. The molecule has 3 N–H and O–H groups in total. The number of ether oxygens (including phenoxy) is 2. The zero-order valence-electron chi connectivity index (χ0n) is 12.3. The number of rotatable bonds is 8. The van der Waals surface area contributed by atoms with E-state index in [0.29, 0.717) is 11.4 Å². The summed E-state index contributed by atoms with van der Waals surface area (Å²) in [6.45, 7) is 5.43. The van der Waals surface area contributed by atoms with Gasteiger partial charge in [0, 0.05) is 20.3 Å². The summed E-state index contributed by atoms with van der Waals surface area (Å²) in [7, 11) is 1.73. The van der Waals surface area contributed by atoms with Crippen LogP contribution in [0.2, 0.25) is 0 Å². The minimum absolute atomic E-state index is 0.00104. The normalized spacial score (nSPS) is 16.2. The predicted molar refractivity (Wildman–Crippen MR) is 76.7 cm³/mol. The lowest BCUT2D eigenvalue weighted by Gasteiger charge is -2.16. The Labute approximate surface area is 119 Å². The Morgan fingerprint density at radius 2 is 2.05 bits per heavy atom. The van der Waals surface area contributed by atoms with E-state index in [0.717, 1.165) is 19.6 Å². The zero-order valence-corrected chi connectivity index (χ0v) is 12.3. The maximum absolute atomic E-state index is 5.67. The first-order valence-electron chi connectivity index (χ1n) is 6.94. The van der Waals surface area contributed by atoms with Crippen molar-refractivity contribution in [2.75, 3.05) is 31.3 Å². The van der Waals surface area contributed by atoms with Crippen molar-refractivity contribution in [2.24, 2.45) is 5.41 Å². The molecule has 7 heteroatoms. The molecule has 1 saturated carbocycles. The summed E-state index contributed by atoms with van der Waals surface area (Å²) >= 11 is 0. The van der Waals surface area contributed by atoms with Crippen LogP contribution in [0.3, 0.4) is 0 Å². The maximum Gasteiger partial charge on any atom is 0.323 e. The second-order valence-corrected chi connectivity index (χ2v) is 5.56. The molecular weight excluding hydrogens is 258 g/mol. The summed E-state index contributed by atoms with van der Waals surface area (Å²) in [6.07, 6.45) is 3.46. The number of nitrogens with one attached hydrogen (secondary N) is 1. The van der Waals surface area contributed by atoms with E-state index in [1.165, 1.54) is 12.8 Å². The summed E-state index contributed by atoms with van der Waals surface area (Å²) in [5, 5.41) is 3.23. The Hall–Kier alpha value is -1.63. The molecule has 0 aromatic carbocycles. The Morgan fingerprint density at radius 1 is 1.30 bits per heavy atom. The van der Waals surface area contributed by atoms with Gasteiger partial charge in [0.05, 0.1) is 6.10 Å². The highest BCUT2D eigenvalue weighted by Crippen LogP contribution is 2.48. The van der Waals surface area contributed by atoms with Crippen molar-refractivity contribution in [3.05, 3.63) is 0 Å². The first-order chi connectivity index (χ1) is 9.53. The molecule has 0 aliphatic heterocycles. The van der Waals surface area contributed by atoms with Crippen molar-refractivity contribution >= 4 is 11.9 Å². The molecule has 0 saturated heterocycles. The fraction of sp³-hybridized carbons (Fsp3) is 0.769. The zero-order chi connectivity index (χ0) is 14.6. The van der Waals surface area contributed by atoms with Crippen LogP contribution in [0, 0.1) is 5.41 Å². The number of nitrogens with zero attached hydrogens (tertiary/aromatic N) is 3. The number of nitrogen functional groups attached to an aromatic ring is 1. The molecule has 0 atom stereocenters. The van der Waals surface area contributed by atoms with Crippen molar-refractivity contribution in [1.29, 1.82) is 0 Å². The monoisotopic (exact) mass is 281 g/mol. The predicted octanol–water partition coefficient (Wildman–Crippen LogP) is 1.47. The maximum atomic E-state index is 5.67. The molecule has 0 spiro atoms. The van der Waals surface area contributed by atoms with Gasteiger partial charge in [0.15, 0.2) is 0 Å². The van der Waals surface area contributed by atoms with Gasteiger partial charge in [-0.15, -0.1) is 0 Å². The minimum atomic E-state index is 0.00104. The van der Waals surface area contributed by atoms with Crippen LogP contribution in [0.4, 0.5) is 11.9 Å². The third-order valence-electron chi connectivity index (χ3n) is 3.39. The lowest BCUT2D eigenvalue weighted by molar-refractivity contribution is 0.174. The number of nitrogens with two attached hydrogens (primary N) is 1. The quantitative estimate of drug-likeness (QED) is 0.745. The molecule has 1 aromatic rings. The minimum Gasteiger partial charge on any atom is -0.461 e. The van der Waals surface area contributed by atoms with Crippen LogP contribution < -0.4 is 15.8 Å². The largest absolute Gasteiger partial charge is 0.461 e. The summed E-state index contributed by atoms with van der Waals surface area (Å²) in [5.41, 5.74) is 5.98. The number of anilines is 2. The average Bonchev–Trinajstić information content (AvgIpc) is 3.13. The summed E-state index contributed by atoms with van der Waals surface area (Å²) < 4.78 is 10.6. The molecule has 2 rings (SSSR count). The van der Waals surface area contributed by atoms with E-state index in [2.05, 4.69) is 20.3 Å². The van der Waals surface area contributed by atoms with Crippen LogP contribution in [-0.2, 0) is 4.74 Å². The van der Waals surface area contributed by atoms with Crippen LogP contribution in [0.25, 0.3) is 0 Å². The molecule has 1 aliphatic carbocycles. The molecular formula is C13H23N5O2. The number of hydrogen-bond acceptors (Lipinski definition) is 7. The molecule has 20 heavy (non-hydrogen) atoms. The van der Waals surface area contributed by atoms with E-state index in [1.54, 1.807) is 7.11 Å². The van der Waals surface area contributed by atoms with Crippen LogP contribution in [0.5, 0.6) is 6.01 Å². The van der Waals surface area contributed by atoms with Gasteiger partial charge in [0.25, 0.3) is 0 Å². The molecule has 1 aliphatic rings. The van der Waals surface area contributed by atoms with Crippen LogP contribution >= 0.6 is 0 Å². The van der Waals surface area contributed by atoms with Gasteiger partial charge in [0.1, 0.15) is 0 Å². The molecule has 1 heterocycles. The van der Waals surface area contributed by atoms with Gasteiger partial charge in [-0.25, -0.2) is 0 Å². The number of hydrogen-bond donors (Lipinski definition) is 2. The first-order valence-corrected chi connectivity index (χ1v) is 6.94. The highest BCUT2D eigenvalue weighted by Gasteiger charge is 2.41. The fourth-order valence-electron chi connectivity index (χ4n) is 1.99. The highest BCUT2D eigenvalue weighted by atomic mass is 16.5. The van der Waals surface area contributed by atoms with Crippen molar-refractivity contribution in [1.82, 2.24) is 15.0 Å². The number of methoxy groups -OCH3 is 1. The summed E-state index contributed by atoms with van der Waals surface area (Å²) in [4.78, 5) is 12.3. The van der Waals surface area contributed by atoms with E-state index < -0.39 is 0 Å². The summed E-state index contributed by atoms with van der Waals surface area (Å²) in [5.74, 6) is 0.636. The fourth-order valence-corrected chi connectivity index (χ4v) is 1.99. The lowest BCUT2D eigenvalue weighted by Crippen LogP contribution is -2.19.